The van der Waals surface area contributed by atoms with Crippen LogP contribution in [0.2, 0.25) is 0 Å². The van der Waals surface area contributed by atoms with E-state index in [9.17, 15) is 4.79 Å². The molecular formula is C11H21N5O. The summed E-state index contributed by atoms with van der Waals surface area (Å²) < 4.78 is 1.75. The first-order valence-corrected chi connectivity index (χ1v) is 5.86. The first kappa shape index (κ1) is 13.5. The molecule has 0 saturated carbocycles. The van der Waals surface area contributed by atoms with Crippen LogP contribution < -0.4 is 10.6 Å². The van der Waals surface area contributed by atoms with E-state index in [1.165, 1.54) is 0 Å². The van der Waals surface area contributed by atoms with Crippen LogP contribution in [0, 0.1) is 0 Å². The van der Waals surface area contributed by atoms with Crippen LogP contribution in [-0.4, -0.2) is 33.0 Å². The standard InChI is InChI=1S/C11H21N5O/c1-5-16-9(8-13-15-16)12-7-6-10(17)14-11(2,3)4/h8,12H,5-7H2,1-4H3,(H,14,17). The van der Waals surface area contributed by atoms with Crippen molar-refractivity contribution in [2.45, 2.75) is 46.2 Å². The number of hydrogen-bond acceptors (Lipinski definition) is 4. The zero-order chi connectivity index (χ0) is 12.9. The van der Waals surface area contributed by atoms with Gasteiger partial charge in [-0.1, -0.05) is 5.21 Å². The van der Waals surface area contributed by atoms with E-state index < -0.39 is 0 Å². The van der Waals surface area contributed by atoms with E-state index in [2.05, 4.69) is 20.9 Å². The van der Waals surface area contributed by atoms with Crippen LogP contribution in [0.3, 0.4) is 0 Å². The quantitative estimate of drug-likeness (QED) is 0.804. The van der Waals surface area contributed by atoms with Gasteiger partial charge in [-0.15, -0.1) is 5.10 Å². The van der Waals surface area contributed by atoms with Gasteiger partial charge in [0.15, 0.2) is 0 Å². The van der Waals surface area contributed by atoms with Crippen LogP contribution in [0.4, 0.5) is 5.82 Å². The van der Waals surface area contributed by atoms with Gasteiger partial charge in [0.1, 0.15) is 5.82 Å². The fourth-order valence-electron chi connectivity index (χ4n) is 1.41. The average molecular weight is 239 g/mol. The molecule has 1 aromatic heterocycles. The van der Waals surface area contributed by atoms with Crippen molar-refractivity contribution < 1.29 is 4.79 Å². The Bertz CT molecular complexity index is 366. The third kappa shape index (κ3) is 4.84. The van der Waals surface area contributed by atoms with Crippen LogP contribution in [0.25, 0.3) is 0 Å². The first-order chi connectivity index (χ1) is 7.92. The van der Waals surface area contributed by atoms with Crippen LogP contribution in [0.15, 0.2) is 6.20 Å². The van der Waals surface area contributed by atoms with Crippen molar-refractivity contribution in [2.75, 3.05) is 11.9 Å². The number of nitrogens with one attached hydrogen (secondary N) is 2. The summed E-state index contributed by atoms with van der Waals surface area (Å²) in [4.78, 5) is 11.6. The summed E-state index contributed by atoms with van der Waals surface area (Å²) >= 11 is 0. The predicted molar refractivity (Wildman–Crippen MR) is 66.7 cm³/mol. The van der Waals surface area contributed by atoms with Gasteiger partial charge in [0, 0.05) is 25.0 Å². The highest BCUT2D eigenvalue weighted by Crippen LogP contribution is 2.03. The second-order valence-corrected chi connectivity index (χ2v) is 4.91. The Morgan fingerprint density at radius 2 is 2.18 bits per heavy atom. The Morgan fingerprint density at radius 3 is 2.76 bits per heavy atom. The Kier molecular flexibility index (Phi) is 4.48. The van der Waals surface area contributed by atoms with Gasteiger partial charge in [-0.25, -0.2) is 4.68 Å². The van der Waals surface area contributed by atoms with Gasteiger partial charge in [0.25, 0.3) is 0 Å². The first-order valence-electron chi connectivity index (χ1n) is 5.86. The highest BCUT2D eigenvalue weighted by Gasteiger charge is 2.13. The average Bonchev–Trinajstić information content (AvgIpc) is 2.62. The SMILES string of the molecule is CCn1nncc1NCCC(=O)NC(C)(C)C. The van der Waals surface area contributed by atoms with Gasteiger partial charge in [-0.2, -0.15) is 0 Å². The van der Waals surface area contributed by atoms with E-state index in [0.29, 0.717) is 13.0 Å². The molecular weight excluding hydrogens is 218 g/mol. The molecule has 0 aliphatic carbocycles. The van der Waals surface area contributed by atoms with Crippen molar-refractivity contribution in [1.29, 1.82) is 0 Å². The number of rotatable bonds is 5. The predicted octanol–water partition coefficient (Wildman–Crippen LogP) is 1.01. The molecule has 0 bridgehead atoms. The van der Waals surface area contributed by atoms with E-state index in [1.807, 2.05) is 27.7 Å². The van der Waals surface area contributed by atoms with Crippen molar-refractivity contribution >= 4 is 11.7 Å². The third-order valence-corrected chi connectivity index (χ3v) is 2.09. The Labute approximate surface area is 102 Å². The van der Waals surface area contributed by atoms with Crippen LogP contribution in [0.1, 0.15) is 34.1 Å². The molecule has 6 heteroatoms. The molecule has 0 aromatic carbocycles. The fourth-order valence-corrected chi connectivity index (χ4v) is 1.41. The number of aryl methyl sites for hydroxylation is 1. The minimum atomic E-state index is -0.177. The van der Waals surface area contributed by atoms with Crippen molar-refractivity contribution in [1.82, 2.24) is 20.3 Å². The highest BCUT2D eigenvalue weighted by molar-refractivity contribution is 5.77. The lowest BCUT2D eigenvalue weighted by Gasteiger charge is -2.20. The molecule has 1 amide bonds. The molecule has 0 aliphatic heterocycles. The largest absolute Gasteiger partial charge is 0.368 e. The van der Waals surface area contributed by atoms with E-state index >= 15 is 0 Å². The van der Waals surface area contributed by atoms with Gasteiger partial charge in [0.05, 0.1) is 6.20 Å². The molecule has 96 valence electrons. The fraction of sp³-hybridized carbons (Fsp3) is 0.727. The molecule has 1 heterocycles. The number of hydrogen-bond donors (Lipinski definition) is 2. The van der Waals surface area contributed by atoms with Crippen LogP contribution in [0.5, 0.6) is 0 Å². The third-order valence-electron chi connectivity index (χ3n) is 2.09. The summed E-state index contributed by atoms with van der Waals surface area (Å²) in [5.74, 6) is 0.886. The lowest BCUT2D eigenvalue weighted by molar-refractivity contribution is -0.122. The minimum Gasteiger partial charge on any atom is -0.368 e. The second-order valence-electron chi connectivity index (χ2n) is 4.91. The Balaban J connectivity index is 2.31. The second kappa shape index (κ2) is 5.65. The Morgan fingerprint density at radius 1 is 1.47 bits per heavy atom. The van der Waals surface area contributed by atoms with Gasteiger partial charge < -0.3 is 10.6 Å². The minimum absolute atomic E-state index is 0.0422. The summed E-state index contributed by atoms with van der Waals surface area (Å²) in [5.41, 5.74) is -0.177. The monoisotopic (exact) mass is 239 g/mol. The zero-order valence-electron chi connectivity index (χ0n) is 10.9. The number of carbonyl (C=O) groups excluding carboxylic acids is 1. The highest BCUT2D eigenvalue weighted by atomic mass is 16.1. The van der Waals surface area contributed by atoms with E-state index in [0.717, 1.165) is 12.4 Å². The van der Waals surface area contributed by atoms with Crippen molar-refractivity contribution in [3.8, 4) is 0 Å². The number of nitrogens with zero attached hydrogens (tertiary/aromatic N) is 3. The molecule has 17 heavy (non-hydrogen) atoms. The van der Waals surface area contributed by atoms with Gasteiger partial charge >= 0.3 is 0 Å². The maximum absolute atomic E-state index is 11.6. The number of carbonyl (C=O) groups is 1. The molecule has 0 spiro atoms. The van der Waals surface area contributed by atoms with E-state index in [4.69, 9.17) is 0 Å². The molecule has 0 radical (unpaired) electrons. The summed E-state index contributed by atoms with van der Waals surface area (Å²) in [6, 6.07) is 0. The van der Waals surface area contributed by atoms with Crippen LogP contribution in [-0.2, 0) is 11.3 Å². The smallest absolute Gasteiger partial charge is 0.222 e. The van der Waals surface area contributed by atoms with Gasteiger partial charge in [-0.05, 0) is 27.7 Å². The lowest BCUT2D eigenvalue weighted by Crippen LogP contribution is -2.41. The van der Waals surface area contributed by atoms with Crippen molar-refractivity contribution in [3.63, 3.8) is 0 Å². The summed E-state index contributed by atoms with van der Waals surface area (Å²) in [7, 11) is 0. The molecule has 6 nitrogen and oxygen atoms in total. The van der Waals surface area contributed by atoms with Crippen molar-refractivity contribution in [3.05, 3.63) is 6.20 Å². The van der Waals surface area contributed by atoms with Gasteiger partial charge in [-0.3, -0.25) is 4.79 Å². The van der Waals surface area contributed by atoms with E-state index in [1.54, 1.807) is 10.9 Å². The molecule has 0 atom stereocenters. The van der Waals surface area contributed by atoms with Crippen molar-refractivity contribution in [2.24, 2.45) is 0 Å². The van der Waals surface area contributed by atoms with E-state index in [-0.39, 0.29) is 11.4 Å². The summed E-state index contributed by atoms with van der Waals surface area (Å²) in [6.45, 7) is 9.23. The normalized spacial score (nSPS) is 11.3. The number of anilines is 1. The lowest BCUT2D eigenvalue weighted by atomic mass is 10.1. The topological polar surface area (TPSA) is 71.8 Å². The molecule has 0 fully saturated rings. The molecule has 0 aliphatic rings. The maximum atomic E-state index is 11.6. The molecule has 1 rings (SSSR count). The number of aromatic nitrogens is 3. The molecule has 0 saturated heterocycles. The zero-order valence-corrected chi connectivity index (χ0v) is 10.9. The maximum Gasteiger partial charge on any atom is 0.222 e. The Hall–Kier alpha value is -1.59. The van der Waals surface area contributed by atoms with Gasteiger partial charge in [0.2, 0.25) is 5.91 Å². The molecule has 1 aromatic rings. The number of amides is 1. The van der Waals surface area contributed by atoms with Crippen LogP contribution >= 0.6 is 0 Å². The summed E-state index contributed by atoms with van der Waals surface area (Å²) in [5, 5.41) is 13.7. The summed E-state index contributed by atoms with van der Waals surface area (Å²) in [6.07, 6.45) is 2.09. The molecule has 0 unspecified atom stereocenters. The molecule has 2 N–H and O–H groups in total.